The third-order valence-electron chi connectivity index (χ3n) is 3.22. The summed E-state index contributed by atoms with van der Waals surface area (Å²) in [6.07, 6.45) is 5.30. The first-order valence-corrected chi connectivity index (χ1v) is 6.86. The van der Waals surface area contributed by atoms with E-state index < -0.39 is 0 Å². The molecule has 0 N–H and O–H groups in total. The lowest BCUT2D eigenvalue weighted by Gasteiger charge is -2.27. The maximum atomic E-state index is 11.3. The molecule has 1 amide bonds. The molecule has 18 heavy (non-hydrogen) atoms. The van der Waals surface area contributed by atoms with Crippen LogP contribution in [-0.4, -0.2) is 17.4 Å². The van der Waals surface area contributed by atoms with Crippen molar-refractivity contribution in [3.8, 4) is 0 Å². The zero-order valence-electron chi connectivity index (χ0n) is 12.2. The van der Waals surface area contributed by atoms with Gasteiger partial charge in [0.15, 0.2) is 18.4 Å². The molecule has 0 unspecified atom stereocenters. The van der Waals surface area contributed by atoms with Crippen LogP contribution in [0.5, 0.6) is 0 Å². The number of fused-ring (bicyclic) bond motifs is 1. The van der Waals surface area contributed by atoms with Crippen LogP contribution in [0.1, 0.15) is 51.8 Å². The maximum Gasteiger partial charge on any atom is 0.219 e. The van der Waals surface area contributed by atoms with Crippen molar-refractivity contribution in [2.75, 3.05) is 6.54 Å². The summed E-state index contributed by atoms with van der Waals surface area (Å²) in [5.41, 5.74) is 2.67. The Balaban J connectivity index is 0.000000771. The Morgan fingerprint density at radius 2 is 2.00 bits per heavy atom. The first-order chi connectivity index (χ1) is 8.58. The van der Waals surface area contributed by atoms with Crippen molar-refractivity contribution in [1.82, 2.24) is 4.90 Å². The maximum absolute atomic E-state index is 11.3. The summed E-state index contributed by atoms with van der Waals surface area (Å²) in [6, 6.07) is 2.64. The van der Waals surface area contributed by atoms with Gasteiger partial charge in [0.25, 0.3) is 0 Å². The minimum absolute atomic E-state index is 0.172. The Labute approximate surface area is 110 Å². The van der Waals surface area contributed by atoms with Crippen LogP contribution >= 0.6 is 0 Å². The predicted molar refractivity (Wildman–Crippen MR) is 73.2 cm³/mol. The quantitative estimate of drug-likeness (QED) is 0.702. The van der Waals surface area contributed by atoms with Crippen LogP contribution in [0.25, 0.3) is 0 Å². The topological polar surface area (TPSA) is 24.2 Å². The molecule has 3 heteroatoms. The summed E-state index contributed by atoms with van der Waals surface area (Å²) < 4.78 is 2.22. The first-order valence-electron chi connectivity index (χ1n) is 6.86. The highest BCUT2D eigenvalue weighted by atomic mass is 16.2. The second-order valence-corrected chi connectivity index (χ2v) is 4.73. The van der Waals surface area contributed by atoms with Gasteiger partial charge in [0.2, 0.25) is 5.91 Å². The second-order valence-electron chi connectivity index (χ2n) is 4.73. The van der Waals surface area contributed by atoms with E-state index in [4.69, 9.17) is 0 Å². The van der Waals surface area contributed by atoms with Gasteiger partial charge in [-0.05, 0) is 25.8 Å². The molecule has 2 heterocycles. The molecule has 1 aliphatic rings. The molecule has 0 radical (unpaired) electrons. The largest absolute Gasteiger partial charge is 0.338 e. The van der Waals surface area contributed by atoms with Gasteiger partial charge < -0.3 is 4.90 Å². The van der Waals surface area contributed by atoms with Gasteiger partial charge in [-0.25, -0.2) is 4.57 Å². The van der Waals surface area contributed by atoms with E-state index in [0.717, 1.165) is 19.5 Å². The van der Waals surface area contributed by atoms with E-state index in [1.165, 1.54) is 11.1 Å². The van der Waals surface area contributed by atoms with Gasteiger partial charge in [0, 0.05) is 31.6 Å². The zero-order valence-corrected chi connectivity index (χ0v) is 12.2. The van der Waals surface area contributed by atoms with E-state index in [1.54, 1.807) is 6.92 Å². The number of nitrogens with zero attached hydrogens (tertiary/aromatic N) is 2. The number of carbonyl (C=O) groups is 1. The Kier molecular flexibility index (Phi) is 5.32. The molecule has 1 aromatic heterocycles. The Morgan fingerprint density at radius 1 is 1.33 bits per heavy atom. The number of carbonyl (C=O) groups excluding carboxylic acids is 1. The van der Waals surface area contributed by atoms with Crippen LogP contribution in [0.2, 0.25) is 0 Å². The predicted octanol–water partition coefficient (Wildman–Crippen LogP) is 2.49. The fourth-order valence-electron chi connectivity index (χ4n) is 2.10. The number of rotatable bonds is 1. The highest BCUT2D eigenvalue weighted by Crippen LogP contribution is 2.17. The summed E-state index contributed by atoms with van der Waals surface area (Å²) in [5, 5.41) is 0. The highest BCUT2D eigenvalue weighted by Gasteiger charge is 2.21. The van der Waals surface area contributed by atoms with Crippen LogP contribution < -0.4 is 4.57 Å². The molecule has 0 fully saturated rings. The van der Waals surface area contributed by atoms with Gasteiger partial charge in [-0.1, -0.05) is 13.8 Å². The Bertz CT molecular complexity index is 413. The SMILES string of the molecule is CC.CC(=O)N1CCc2c[n+](C(C)C)ccc2C1. The van der Waals surface area contributed by atoms with E-state index in [-0.39, 0.29) is 5.91 Å². The molecule has 0 saturated heterocycles. The normalized spacial score (nSPS) is 13.8. The molecule has 1 aromatic rings. The van der Waals surface area contributed by atoms with Crippen molar-refractivity contribution in [3.05, 3.63) is 29.6 Å². The van der Waals surface area contributed by atoms with Crippen LogP contribution in [-0.2, 0) is 17.8 Å². The van der Waals surface area contributed by atoms with E-state index in [1.807, 2.05) is 18.7 Å². The van der Waals surface area contributed by atoms with Crippen LogP contribution in [0.15, 0.2) is 18.5 Å². The fraction of sp³-hybridized carbons (Fsp3) is 0.600. The molecule has 0 bridgehead atoms. The van der Waals surface area contributed by atoms with Crippen molar-refractivity contribution < 1.29 is 9.36 Å². The van der Waals surface area contributed by atoms with E-state index >= 15 is 0 Å². The summed E-state index contributed by atoms with van der Waals surface area (Å²) in [5.74, 6) is 0.172. The summed E-state index contributed by atoms with van der Waals surface area (Å²) >= 11 is 0. The van der Waals surface area contributed by atoms with Gasteiger partial charge in [0.05, 0.1) is 0 Å². The number of amides is 1. The van der Waals surface area contributed by atoms with Crippen molar-refractivity contribution in [2.45, 2.75) is 53.6 Å². The van der Waals surface area contributed by atoms with Crippen LogP contribution in [0.3, 0.4) is 0 Å². The molecule has 1 aliphatic heterocycles. The number of pyridine rings is 1. The molecule has 0 spiro atoms. The van der Waals surface area contributed by atoms with Gasteiger partial charge >= 0.3 is 0 Å². The molecule has 2 rings (SSSR count). The third kappa shape index (κ3) is 3.31. The van der Waals surface area contributed by atoms with Crippen LogP contribution in [0.4, 0.5) is 0 Å². The summed E-state index contributed by atoms with van der Waals surface area (Å²) in [7, 11) is 0. The van der Waals surface area contributed by atoms with Crippen molar-refractivity contribution in [3.63, 3.8) is 0 Å². The lowest BCUT2D eigenvalue weighted by molar-refractivity contribution is -0.716. The lowest BCUT2D eigenvalue weighted by atomic mass is 10.0. The first kappa shape index (κ1) is 14.7. The van der Waals surface area contributed by atoms with Gasteiger partial charge in [-0.2, -0.15) is 0 Å². The van der Waals surface area contributed by atoms with E-state index in [0.29, 0.717) is 6.04 Å². The molecule has 3 nitrogen and oxygen atoms in total. The zero-order chi connectivity index (χ0) is 13.7. The van der Waals surface area contributed by atoms with Crippen molar-refractivity contribution in [1.29, 1.82) is 0 Å². The molecule has 0 atom stereocenters. The van der Waals surface area contributed by atoms with Crippen molar-refractivity contribution >= 4 is 5.91 Å². The highest BCUT2D eigenvalue weighted by molar-refractivity contribution is 5.73. The number of hydrogen-bond acceptors (Lipinski definition) is 1. The Hall–Kier alpha value is -1.38. The minimum atomic E-state index is 0.172. The molecular formula is C15H25N2O+. The fourth-order valence-corrected chi connectivity index (χ4v) is 2.10. The Morgan fingerprint density at radius 3 is 2.56 bits per heavy atom. The van der Waals surface area contributed by atoms with Crippen molar-refractivity contribution in [2.24, 2.45) is 0 Å². The van der Waals surface area contributed by atoms with Gasteiger partial charge in [-0.15, -0.1) is 0 Å². The van der Waals surface area contributed by atoms with E-state index in [2.05, 4.69) is 36.9 Å². The van der Waals surface area contributed by atoms with Crippen LogP contribution in [0, 0.1) is 0 Å². The average molecular weight is 249 g/mol. The minimum Gasteiger partial charge on any atom is -0.338 e. The molecule has 0 aliphatic carbocycles. The smallest absolute Gasteiger partial charge is 0.219 e. The second kappa shape index (κ2) is 6.53. The molecule has 0 saturated carbocycles. The summed E-state index contributed by atoms with van der Waals surface area (Å²) in [4.78, 5) is 13.2. The average Bonchev–Trinajstić information content (AvgIpc) is 2.39. The molecular weight excluding hydrogens is 224 g/mol. The van der Waals surface area contributed by atoms with Gasteiger partial charge in [-0.3, -0.25) is 4.79 Å². The standard InChI is InChI=1S/C13H19N2O.C2H6/c1-10(2)14-6-4-13-9-15(11(3)16)7-5-12(13)8-14;1-2/h4,6,8,10H,5,7,9H2,1-3H3;1-2H3/q+1;. The molecule has 0 aromatic carbocycles. The third-order valence-corrected chi connectivity index (χ3v) is 3.22. The van der Waals surface area contributed by atoms with Gasteiger partial charge in [0.1, 0.15) is 0 Å². The molecule has 100 valence electrons. The lowest BCUT2D eigenvalue weighted by Crippen LogP contribution is -2.40. The number of hydrogen-bond donors (Lipinski definition) is 0. The number of aromatic nitrogens is 1. The summed E-state index contributed by atoms with van der Waals surface area (Å²) in [6.45, 7) is 11.6. The monoisotopic (exact) mass is 249 g/mol. The van der Waals surface area contributed by atoms with E-state index in [9.17, 15) is 4.79 Å².